The molecule has 39 heavy (non-hydrogen) atoms. The topological polar surface area (TPSA) is 142 Å². The largest absolute Gasteiger partial charge is 0.496 e. The van der Waals surface area contributed by atoms with Gasteiger partial charge in [0.05, 0.1) is 26.1 Å². The second-order valence-electron chi connectivity index (χ2n) is 8.61. The summed E-state index contributed by atoms with van der Waals surface area (Å²) in [5.74, 6) is -1.30. The first kappa shape index (κ1) is 26.0. The van der Waals surface area contributed by atoms with Crippen LogP contribution in [0.1, 0.15) is 17.5 Å². The number of ether oxygens (including phenoxy) is 3. The number of carbonyl (C=O) groups excluding carboxylic acids is 1. The third-order valence-corrected chi connectivity index (χ3v) is 7.45. The number of pyridine rings is 1. The number of carbonyl (C=O) groups is 1. The third kappa shape index (κ3) is 5.21. The molecule has 4 aromatic rings. The van der Waals surface area contributed by atoms with Gasteiger partial charge in [0.2, 0.25) is 5.88 Å². The van der Waals surface area contributed by atoms with Crippen LogP contribution in [0.3, 0.4) is 0 Å². The van der Waals surface area contributed by atoms with Crippen LogP contribution in [0.5, 0.6) is 23.1 Å². The Morgan fingerprint density at radius 3 is 2.49 bits per heavy atom. The van der Waals surface area contributed by atoms with Gasteiger partial charge in [-0.1, -0.05) is 11.7 Å². The molecule has 11 nitrogen and oxygen atoms in total. The van der Waals surface area contributed by atoms with Gasteiger partial charge < -0.3 is 24.1 Å². The van der Waals surface area contributed by atoms with Gasteiger partial charge >= 0.3 is 0 Å². The van der Waals surface area contributed by atoms with E-state index in [1.165, 1.54) is 44.7 Å². The highest BCUT2D eigenvalue weighted by Gasteiger charge is 2.27. The van der Waals surface area contributed by atoms with Crippen LogP contribution in [-0.4, -0.2) is 38.7 Å². The fraction of sp³-hybridized carbons (Fsp3) is 0.192. The molecule has 2 aromatic carbocycles. The molecular formula is C26H23FN4O7S. The first-order valence-corrected chi connectivity index (χ1v) is 13.2. The highest BCUT2D eigenvalue weighted by atomic mass is 32.2. The lowest BCUT2D eigenvalue weighted by Crippen LogP contribution is -2.15. The summed E-state index contributed by atoms with van der Waals surface area (Å²) in [6, 6.07) is 9.31. The van der Waals surface area contributed by atoms with E-state index in [1.54, 1.807) is 12.1 Å². The Kier molecular flexibility index (Phi) is 6.83. The van der Waals surface area contributed by atoms with Crippen molar-refractivity contribution in [1.82, 2.24) is 10.1 Å². The van der Waals surface area contributed by atoms with Crippen molar-refractivity contribution < 1.29 is 36.3 Å². The molecule has 0 bridgehead atoms. The number of halogens is 1. The number of hydrogen-bond acceptors (Lipinski definition) is 9. The van der Waals surface area contributed by atoms with E-state index >= 15 is 0 Å². The van der Waals surface area contributed by atoms with Gasteiger partial charge in [0.1, 0.15) is 27.5 Å². The van der Waals surface area contributed by atoms with Crippen molar-refractivity contribution in [3.63, 3.8) is 0 Å². The zero-order chi connectivity index (χ0) is 27.7. The lowest BCUT2D eigenvalue weighted by molar-refractivity contribution is -0.114. The van der Waals surface area contributed by atoms with Crippen LogP contribution in [0, 0.1) is 0 Å². The average Bonchev–Trinajstić information content (AvgIpc) is 3.54. The molecule has 0 atom stereocenters. The summed E-state index contributed by atoms with van der Waals surface area (Å²) >= 11 is 0. The Hall–Kier alpha value is -4.65. The van der Waals surface area contributed by atoms with Crippen molar-refractivity contribution in [3.8, 4) is 23.1 Å². The van der Waals surface area contributed by atoms with Gasteiger partial charge in [-0.2, -0.15) is 0 Å². The van der Waals surface area contributed by atoms with E-state index in [2.05, 4.69) is 26.8 Å². The molecule has 1 amide bonds. The van der Waals surface area contributed by atoms with Gasteiger partial charge in [-0.05, 0) is 48.6 Å². The van der Waals surface area contributed by atoms with Gasteiger partial charge in [0.15, 0.2) is 17.2 Å². The van der Waals surface area contributed by atoms with Crippen molar-refractivity contribution in [1.29, 1.82) is 0 Å². The Morgan fingerprint density at radius 2 is 1.82 bits per heavy atom. The fourth-order valence-electron chi connectivity index (χ4n) is 4.27. The standard InChI is InChI=1S/C26H23FN4O7S/c1-14(27)26(32)29-17-7-8-23(28-13-17)37-18-11-20(36-3)24-21(12-18)38-30-25(24)31-39(33,34)22-10-16-6-4-5-15(16)9-19(22)35-2/h7-13H,1,4-6H2,2-3H3,(H,29,32)(H,30,31). The quantitative estimate of drug-likeness (QED) is 0.281. The van der Waals surface area contributed by atoms with Gasteiger partial charge in [-0.15, -0.1) is 0 Å². The molecule has 0 fully saturated rings. The maximum absolute atomic E-state index is 13.4. The van der Waals surface area contributed by atoms with Crippen LogP contribution in [0.2, 0.25) is 0 Å². The molecule has 0 unspecified atom stereocenters. The minimum absolute atomic E-state index is 0.00209. The molecule has 1 aliphatic rings. The van der Waals surface area contributed by atoms with Crippen molar-refractivity contribution in [2.24, 2.45) is 0 Å². The Morgan fingerprint density at radius 1 is 1.08 bits per heavy atom. The Bertz CT molecular complexity index is 1700. The monoisotopic (exact) mass is 554 g/mol. The average molecular weight is 555 g/mol. The Labute approximate surface area is 222 Å². The molecule has 5 rings (SSSR count). The van der Waals surface area contributed by atoms with Crippen molar-refractivity contribution >= 4 is 38.4 Å². The van der Waals surface area contributed by atoms with Gasteiger partial charge in [0, 0.05) is 18.2 Å². The number of fused-ring (bicyclic) bond motifs is 2. The van der Waals surface area contributed by atoms with Crippen LogP contribution in [0.4, 0.5) is 15.9 Å². The predicted octanol–water partition coefficient (Wildman–Crippen LogP) is 4.74. The minimum atomic E-state index is -4.09. The lowest BCUT2D eigenvalue weighted by atomic mass is 10.1. The number of nitrogens with one attached hydrogen (secondary N) is 2. The van der Waals surface area contributed by atoms with Crippen LogP contribution < -0.4 is 24.2 Å². The van der Waals surface area contributed by atoms with E-state index < -0.39 is 21.8 Å². The second-order valence-corrected chi connectivity index (χ2v) is 10.3. The summed E-state index contributed by atoms with van der Waals surface area (Å²) in [5.41, 5.74) is 2.48. The van der Waals surface area contributed by atoms with E-state index in [9.17, 15) is 17.6 Å². The van der Waals surface area contributed by atoms with E-state index in [-0.39, 0.29) is 50.5 Å². The van der Waals surface area contributed by atoms with E-state index in [0.29, 0.717) is 0 Å². The van der Waals surface area contributed by atoms with Crippen LogP contribution >= 0.6 is 0 Å². The number of hydrogen-bond donors (Lipinski definition) is 2. The number of amides is 1. The third-order valence-electron chi connectivity index (χ3n) is 6.09. The van der Waals surface area contributed by atoms with E-state index in [1.807, 2.05) is 0 Å². The highest BCUT2D eigenvalue weighted by Crippen LogP contribution is 2.39. The van der Waals surface area contributed by atoms with E-state index in [0.717, 1.165) is 30.4 Å². The maximum atomic E-state index is 13.4. The molecule has 0 aliphatic heterocycles. The molecule has 2 aromatic heterocycles. The number of aromatic nitrogens is 2. The first-order valence-electron chi connectivity index (χ1n) is 11.7. The minimum Gasteiger partial charge on any atom is -0.496 e. The summed E-state index contributed by atoms with van der Waals surface area (Å²) in [6.45, 7) is 2.93. The fourth-order valence-corrected chi connectivity index (χ4v) is 5.47. The van der Waals surface area contributed by atoms with E-state index in [4.69, 9.17) is 18.7 Å². The summed E-state index contributed by atoms with van der Waals surface area (Å²) < 4.78 is 64.1. The van der Waals surface area contributed by atoms with Gasteiger partial charge in [-0.25, -0.2) is 17.8 Å². The zero-order valence-electron chi connectivity index (χ0n) is 20.9. The number of rotatable bonds is 9. The molecule has 0 spiro atoms. The first-order chi connectivity index (χ1) is 18.7. The normalized spacial score (nSPS) is 12.6. The summed E-state index contributed by atoms with van der Waals surface area (Å²) in [7, 11) is -1.27. The second kappa shape index (κ2) is 10.3. The number of benzene rings is 2. The number of aryl methyl sites for hydroxylation is 2. The summed E-state index contributed by atoms with van der Waals surface area (Å²) in [5, 5.41) is 6.48. The van der Waals surface area contributed by atoms with Crippen molar-refractivity contribution in [2.75, 3.05) is 24.3 Å². The molecule has 0 saturated heterocycles. The maximum Gasteiger partial charge on any atom is 0.283 e. The molecule has 0 saturated carbocycles. The van der Waals surface area contributed by atoms with Crippen molar-refractivity contribution in [2.45, 2.75) is 24.2 Å². The number of sulfonamides is 1. The van der Waals surface area contributed by atoms with Crippen LogP contribution in [-0.2, 0) is 27.7 Å². The zero-order valence-corrected chi connectivity index (χ0v) is 21.7. The van der Waals surface area contributed by atoms with Gasteiger partial charge in [-0.3, -0.25) is 9.52 Å². The summed E-state index contributed by atoms with van der Waals surface area (Å²) in [4.78, 5) is 15.5. The molecule has 0 radical (unpaired) electrons. The van der Waals surface area contributed by atoms with Crippen LogP contribution in [0.25, 0.3) is 11.0 Å². The molecule has 2 N–H and O–H groups in total. The molecule has 1 aliphatic carbocycles. The lowest BCUT2D eigenvalue weighted by Gasteiger charge is -2.13. The van der Waals surface area contributed by atoms with Gasteiger partial charge in [0.25, 0.3) is 15.9 Å². The highest BCUT2D eigenvalue weighted by molar-refractivity contribution is 7.92. The van der Waals surface area contributed by atoms with Crippen molar-refractivity contribution in [3.05, 3.63) is 66.1 Å². The SMILES string of the molecule is C=C(F)C(=O)Nc1ccc(Oc2cc(OC)c3c(NS(=O)(=O)c4cc5c(cc4OC)CCC5)noc3c2)nc1. The Balaban J connectivity index is 1.41. The summed E-state index contributed by atoms with van der Waals surface area (Å²) in [6.07, 6.45) is 3.91. The molecular weight excluding hydrogens is 531 g/mol. The predicted molar refractivity (Wildman–Crippen MR) is 140 cm³/mol. The number of nitrogens with zero attached hydrogens (tertiary/aromatic N) is 2. The smallest absolute Gasteiger partial charge is 0.283 e. The molecule has 202 valence electrons. The number of methoxy groups -OCH3 is 2. The molecule has 2 heterocycles. The number of anilines is 2. The molecule has 13 heteroatoms. The van der Waals surface area contributed by atoms with Crippen LogP contribution in [0.15, 0.2) is 64.4 Å².